The molecule has 4 N–H and O–H groups in total. The number of nitrogens with zero attached hydrogens (tertiary/aromatic N) is 2. The second-order valence-corrected chi connectivity index (χ2v) is 12.9. The molecule has 2 aromatic carbocycles. The Hall–Kier alpha value is -4.83. The molecule has 3 heterocycles. The number of pyridine rings is 1. The molecule has 1 saturated heterocycles. The first-order valence-corrected chi connectivity index (χ1v) is 15.8. The average Bonchev–Trinajstić information content (AvgIpc) is 3.05. The van der Waals surface area contributed by atoms with Crippen LogP contribution in [0.2, 0.25) is 0 Å². The minimum atomic E-state index is -0.958. The summed E-state index contributed by atoms with van der Waals surface area (Å²) in [7, 11) is 0. The van der Waals surface area contributed by atoms with Gasteiger partial charge in [0.15, 0.2) is 0 Å². The standard InChI is InChI=1S/C36H42N6O4/c1-22(2)31-33(44)39-30(21-24-10-7-6-8-11-24)34(45)42-19-9-12-28(41-42)32(43)37-23(3)27-16-15-26-14-13-25(20-29(26)38-27)17-18-36(4,5)35(46)40-31/h6-8,10-11,13-18,20-23,28,31,41H,9,12,19H2,1-5H3,(H,37,43)(H,39,44)(H,40,46)/b18-17+,30-21+/t23-,28+,31+/m1/s1. The molecule has 2 aliphatic rings. The van der Waals surface area contributed by atoms with Gasteiger partial charge < -0.3 is 16.0 Å². The molecular formula is C36H42N6O4. The monoisotopic (exact) mass is 622 g/mol. The summed E-state index contributed by atoms with van der Waals surface area (Å²) < 4.78 is 0. The van der Waals surface area contributed by atoms with E-state index >= 15 is 0 Å². The highest BCUT2D eigenvalue weighted by atomic mass is 16.2. The van der Waals surface area contributed by atoms with Crippen LogP contribution in [0.3, 0.4) is 0 Å². The minimum absolute atomic E-state index is 0.0276. The Bertz CT molecular complexity index is 1700. The Morgan fingerprint density at radius 3 is 2.43 bits per heavy atom. The molecule has 10 heteroatoms. The molecule has 1 fully saturated rings. The van der Waals surface area contributed by atoms with Gasteiger partial charge in [0, 0.05) is 11.9 Å². The second kappa shape index (κ2) is 13.7. The van der Waals surface area contributed by atoms with Crippen LogP contribution in [0.25, 0.3) is 23.1 Å². The highest BCUT2D eigenvalue weighted by Crippen LogP contribution is 2.24. The number of hydrazine groups is 1. The predicted molar refractivity (Wildman–Crippen MR) is 178 cm³/mol. The summed E-state index contributed by atoms with van der Waals surface area (Å²) >= 11 is 0. The molecule has 10 nitrogen and oxygen atoms in total. The number of fused-ring (bicyclic) bond motifs is 4. The molecular weight excluding hydrogens is 580 g/mol. The molecule has 5 rings (SSSR count). The van der Waals surface area contributed by atoms with Crippen molar-refractivity contribution in [3.63, 3.8) is 0 Å². The van der Waals surface area contributed by atoms with E-state index in [0.29, 0.717) is 30.6 Å². The van der Waals surface area contributed by atoms with Crippen molar-refractivity contribution in [1.82, 2.24) is 31.4 Å². The quantitative estimate of drug-likeness (QED) is 0.316. The van der Waals surface area contributed by atoms with Crippen LogP contribution in [-0.4, -0.2) is 52.3 Å². The summed E-state index contributed by atoms with van der Waals surface area (Å²) in [6.07, 6.45) is 6.39. The van der Waals surface area contributed by atoms with Crippen molar-refractivity contribution in [2.24, 2.45) is 11.3 Å². The van der Waals surface area contributed by atoms with E-state index in [2.05, 4.69) is 21.4 Å². The molecule has 240 valence electrons. The number of nitrogens with one attached hydrogen (secondary N) is 4. The molecule has 3 aromatic rings. The summed E-state index contributed by atoms with van der Waals surface area (Å²) in [5, 5.41) is 11.1. The fourth-order valence-electron chi connectivity index (χ4n) is 5.47. The maximum absolute atomic E-state index is 14.0. The van der Waals surface area contributed by atoms with Crippen LogP contribution in [0.15, 0.2) is 72.4 Å². The van der Waals surface area contributed by atoms with E-state index in [1.54, 1.807) is 26.0 Å². The van der Waals surface area contributed by atoms with Crippen LogP contribution < -0.4 is 21.4 Å². The number of hydrogen-bond donors (Lipinski definition) is 4. The number of aromatic nitrogens is 1. The van der Waals surface area contributed by atoms with Gasteiger partial charge in [-0.25, -0.2) is 5.43 Å². The maximum Gasteiger partial charge on any atom is 0.284 e. The number of carbonyl (C=O) groups excluding carboxylic acids is 4. The molecule has 0 unspecified atom stereocenters. The van der Waals surface area contributed by atoms with Gasteiger partial charge in [-0.2, -0.15) is 0 Å². The van der Waals surface area contributed by atoms with Gasteiger partial charge in [-0.15, -0.1) is 0 Å². The lowest BCUT2D eigenvalue weighted by atomic mass is 9.89. The Morgan fingerprint density at radius 2 is 1.70 bits per heavy atom. The van der Waals surface area contributed by atoms with Gasteiger partial charge >= 0.3 is 0 Å². The smallest absolute Gasteiger partial charge is 0.284 e. The van der Waals surface area contributed by atoms with E-state index in [4.69, 9.17) is 4.98 Å². The summed E-state index contributed by atoms with van der Waals surface area (Å²) in [5.74, 6) is -1.86. The van der Waals surface area contributed by atoms with Gasteiger partial charge in [-0.3, -0.25) is 29.2 Å². The van der Waals surface area contributed by atoms with Crippen molar-refractivity contribution in [3.05, 3.63) is 89.3 Å². The van der Waals surface area contributed by atoms with Gasteiger partial charge in [0.25, 0.3) is 5.91 Å². The van der Waals surface area contributed by atoms with Gasteiger partial charge in [0.1, 0.15) is 17.8 Å². The van der Waals surface area contributed by atoms with Crippen molar-refractivity contribution in [3.8, 4) is 0 Å². The molecule has 3 atom stereocenters. The lowest BCUT2D eigenvalue weighted by Crippen LogP contribution is -2.59. The Labute approximate surface area is 269 Å². The van der Waals surface area contributed by atoms with Crippen molar-refractivity contribution in [1.29, 1.82) is 0 Å². The van der Waals surface area contributed by atoms with E-state index < -0.39 is 29.3 Å². The zero-order valence-electron chi connectivity index (χ0n) is 27.0. The number of hydrogen-bond acceptors (Lipinski definition) is 6. The summed E-state index contributed by atoms with van der Waals surface area (Å²) in [6.45, 7) is 9.47. The Kier molecular flexibility index (Phi) is 9.67. The molecule has 0 spiro atoms. The highest BCUT2D eigenvalue weighted by molar-refractivity contribution is 6.03. The van der Waals surface area contributed by atoms with Crippen LogP contribution in [0.5, 0.6) is 0 Å². The van der Waals surface area contributed by atoms with E-state index in [9.17, 15) is 19.2 Å². The molecule has 4 amide bonds. The fourth-order valence-corrected chi connectivity index (χ4v) is 5.47. The van der Waals surface area contributed by atoms with Crippen molar-refractivity contribution < 1.29 is 19.2 Å². The molecule has 1 aromatic heterocycles. The summed E-state index contributed by atoms with van der Waals surface area (Å²) in [4.78, 5) is 59.5. The van der Waals surface area contributed by atoms with E-state index in [1.165, 1.54) is 5.01 Å². The Balaban J connectivity index is 1.55. The number of amides is 4. The molecule has 0 radical (unpaired) electrons. The normalized spacial score (nSPS) is 24.4. The first-order valence-electron chi connectivity index (χ1n) is 15.8. The number of carbonyl (C=O) groups is 4. The zero-order valence-corrected chi connectivity index (χ0v) is 27.0. The molecule has 0 saturated carbocycles. The van der Waals surface area contributed by atoms with E-state index in [0.717, 1.165) is 16.5 Å². The summed E-state index contributed by atoms with van der Waals surface area (Å²) in [5.41, 5.74) is 5.18. The van der Waals surface area contributed by atoms with E-state index in [1.807, 2.05) is 87.5 Å². The third kappa shape index (κ3) is 7.51. The third-order valence-corrected chi connectivity index (χ3v) is 8.40. The molecule has 2 aliphatic heterocycles. The minimum Gasteiger partial charge on any atom is -0.347 e. The zero-order chi connectivity index (χ0) is 33.0. The van der Waals surface area contributed by atoms with Crippen LogP contribution in [0, 0.1) is 11.3 Å². The SMILES string of the molecule is CC(C)[C@@H]1NC(=O)C(C)(C)/C=C/c2ccc3ccc(nc3c2)[C@@H](C)NC(=O)[C@@H]2CCCN(N2)C(=O)/C(=C\c2ccccc2)NC1=O. The second-order valence-electron chi connectivity index (χ2n) is 12.9. The van der Waals surface area contributed by atoms with Gasteiger partial charge in [-0.05, 0) is 68.9 Å². The summed E-state index contributed by atoms with van der Waals surface area (Å²) in [6, 6.07) is 16.9. The first-order chi connectivity index (χ1) is 21.9. The van der Waals surface area contributed by atoms with Crippen LogP contribution in [-0.2, 0) is 19.2 Å². The van der Waals surface area contributed by atoms with Crippen molar-refractivity contribution in [2.75, 3.05) is 6.54 Å². The van der Waals surface area contributed by atoms with E-state index in [-0.39, 0.29) is 29.5 Å². The van der Waals surface area contributed by atoms with Crippen LogP contribution in [0.1, 0.15) is 70.3 Å². The lowest BCUT2D eigenvalue weighted by Gasteiger charge is -2.34. The first kappa shape index (κ1) is 32.6. The largest absolute Gasteiger partial charge is 0.347 e. The van der Waals surface area contributed by atoms with Crippen molar-refractivity contribution >= 4 is 46.7 Å². The topological polar surface area (TPSA) is 133 Å². The molecule has 5 bridgehead atoms. The maximum atomic E-state index is 14.0. The van der Waals surface area contributed by atoms with Gasteiger partial charge in [-0.1, -0.05) is 74.5 Å². The van der Waals surface area contributed by atoms with Crippen molar-refractivity contribution in [2.45, 2.75) is 65.6 Å². The van der Waals surface area contributed by atoms with Gasteiger partial charge in [0.2, 0.25) is 17.7 Å². The number of rotatable bonds is 2. The van der Waals surface area contributed by atoms with Crippen LogP contribution >= 0.6 is 0 Å². The highest BCUT2D eigenvalue weighted by Gasteiger charge is 2.34. The number of benzene rings is 2. The lowest BCUT2D eigenvalue weighted by molar-refractivity contribution is -0.138. The van der Waals surface area contributed by atoms with Gasteiger partial charge in [0.05, 0.1) is 22.7 Å². The fraction of sp³-hybridized carbons (Fsp3) is 0.361. The third-order valence-electron chi connectivity index (χ3n) is 8.40. The Morgan fingerprint density at radius 1 is 0.957 bits per heavy atom. The average molecular weight is 623 g/mol. The molecule has 46 heavy (non-hydrogen) atoms. The molecule has 0 aliphatic carbocycles. The predicted octanol–water partition coefficient (Wildman–Crippen LogP) is 4.26. The van der Waals surface area contributed by atoms with Crippen LogP contribution in [0.4, 0.5) is 0 Å².